The lowest BCUT2D eigenvalue weighted by atomic mass is 9.75. The number of nitrogens with one attached hydrogen (secondary N) is 3. The smallest absolute Gasteiger partial charge is 0.475 e. The number of carbonyl (C=O) groups excluding carboxylic acids is 3. The summed E-state index contributed by atoms with van der Waals surface area (Å²) in [6, 6.07) is 10.8. The summed E-state index contributed by atoms with van der Waals surface area (Å²) in [5, 5.41) is 27.3. The van der Waals surface area contributed by atoms with Crippen LogP contribution < -0.4 is 30.2 Å². The largest absolute Gasteiger partial charge is 0.493 e. The Morgan fingerprint density at radius 3 is 2.05 bits per heavy atom. The zero-order chi connectivity index (χ0) is 30.5. The molecule has 0 aliphatic heterocycles. The van der Waals surface area contributed by atoms with Crippen LogP contribution in [-0.2, 0) is 27.2 Å². The van der Waals surface area contributed by atoms with Crippen molar-refractivity contribution in [2.75, 3.05) is 21.3 Å². The van der Waals surface area contributed by atoms with E-state index >= 15 is 0 Å². The lowest BCUT2D eigenvalue weighted by Crippen LogP contribution is -2.56. The maximum Gasteiger partial charge on any atom is 0.475 e. The quantitative estimate of drug-likeness (QED) is 0.190. The molecule has 12 heteroatoms. The van der Waals surface area contributed by atoms with Gasteiger partial charge in [-0.3, -0.25) is 14.4 Å². The van der Waals surface area contributed by atoms with E-state index in [1.54, 1.807) is 12.1 Å². The Labute approximate surface area is 242 Å². The maximum atomic E-state index is 13.4. The van der Waals surface area contributed by atoms with Gasteiger partial charge in [0.1, 0.15) is 12.1 Å². The van der Waals surface area contributed by atoms with E-state index in [-0.39, 0.29) is 24.7 Å². The van der Waals surface area contributed by atoms with Crippen molar-refractivity contribution in [1.82, 2.24) is 16.0 Å². The van der Waals surface area contributed by atoms with E-state index in [1.807, 2.05) is 44.2 Å². The Kier molecular flexibility index (Phi) is 13.4. The predicted octanol–water partition coefficient (Wildman–Crippen LogP) is 1.42. The van der Waals surface area contributed by atoms with Crippen LogP contribution in [0.25, 0.3) is 0 Å². The highest BCUT2D eigenvalue weighted by molar-refractivity contribution is 6.43. The van der Waals surface area contributed by atoms with Gasteiger partial charge in [0, 0.05) is 18.4 Å². The molecule has 0 aromatic heterocycles. The normalized spacial score (nSPS) is 13.0. The second-order valence-electron chi connectivity index (χ2n) is 10.2. The minimum absolute atomic E-state index is 0.0338. The van der Waals surface area contributed by atoms with Crippen molar-refractivity contribution < 1.29 is 38.6 Å². The highest BCUT2D eigenvalue weighted by Gasteiger charge is 2.30. The van der Waals surface area contributed by atoms with E-state index in [0.29, 0.717) is 35.7 Å². The molecule has 2 aromatic rings. The molecule has 3 atom stereocenters. The van der Waals surface area contributed by atoms with E-state index in [9.17, 15) is 24.4 Å². The summed E-state index contributed by atoms with van der Waals surface area (Å²) < 4.78 is 16.4. The molecule has 0 aliphatic rings. The summed E-state index contributed by atoms with van der Waals surface area (Å²) in [5.41, 5.74) is 1.56. The Bertz CT molecular complexity index is 1150. The highest BCUT2D eigenvalue weighted by atomic mass is 16.5. The van der Waals surface area contributed by atoms with Gasteiger partial charge in [-0.2, -0.15) is 0 Å². The molecule has 224 valence electrons. The summed E-state index contributed by atoms with van der Waals surface area (Å²) in [5.74, 6) is -1.20. The van der Waals surface area contributed by atoms with Crippen LogP contribution in [0.1, 0.15) is 44.7 Å². The first-order chi connectivity index (χ1) is 19.5. The fraction of sp³-hybridized carbons (Fsp3) is 0.483. The minimum atomic E-state index is -1.75. The molecule has 0 saturated carbocycles. The Balaban J connectivity index is 2.25. The van der Waals surface area contributed by atoms with Crippen LogP contribution in [0.3, 0.4) is 0 Å². The van der Waals surface area contributed by atoms with Crippen molar-refractivity contribution in [3.8, 4) is 17.2 Å². The van der Waals surface area contributed by atoms with Crippen LogP contribution in [0.5, 0.6) is 17.2 Å². The highest BCUT2D eigenvalue weighted by Crippen LogP contribution is 2.40. The van der Waals surface area contributed by atoms with E-state index in [4.69, 9.17) is 14.2 Å². The molecule has 0 saturated heterocycles. The molecule has 3 amide bonds. The van der Waals surface area contributed by atoms with Crippen LogP contribution in [0.15, 0.2) is 42.5 Å². The number of rotatable bonds is 16. The summed E-state index contributed by atoms with van der Waals surface area (Å²) in [6.07, 6.45) is 1.01. The molecule has 0 fully saturated rings. The fourth-order valence-electron chi connectivity index (χ4n) is 4.37. The van der Waals surface area contributed by atoms with Crippen molar-refractivity contribution in [2.24, 2.45) is 5.92 Å². The zero-order valence-corrected chi connectivity index (χ0v) is 24.6. The molecule has 0 bridgehead atoms. The fourth-order valence-corrected chi connectivity index (χ4v) is 4.37. The van der Waals surface area contributed by atoms with Crippen molar-refractivity contribution in [3.05, 3.63) is 53.6 Å². The van der Waals surface area contributed by atoms with E-state index in [1.165, 1.54) is 28.3 Å². The van der Waals surface area contributed by atoms with Gasteiger partial charge in [0.15, 0.2) is 11.5 Å². The summed E-state index contributed by atoms with van der Waals surface area (Å²) in [6.45, 7) is 5.26. The first kappa shape index (κ1) is 33.4. The number of hydrogen-bond acceptors (Lipinski definition) is 8. The number of ether oxygens (including phenoxy) is 3. The van der Waals surface area contributed by atoms with Crippen LogP contribution >= 0.6 is 0 Å². The summed E-state index contributed by atoms with van der Waals surface area (Å²) >= 11 is 0. The number of amides is 3. The molecule has 0 unspecified atom stereocenters. The third-order valence-corrected chi connectivity index (χ3v) is 6.51. The van der Waals surface area contributed by atoms with Crippen LogP contribution in [0.4, 0.5) is 0 Å². The number of benzene rings is 2. The van der Waals surface area contributed by atoms with Gasteiger partial charge >= 0.3 is 7.12 Å². The molecule has 2 aromatic carbocycles. The van der Waals surface area contributed by atoms with E-state index < -0.39 is 37.0 Å². The molecule has 0 spiro atoms. The standard InChI is InChI=1S/C29H42BN3O8/c1-18(2)16-24(30(37)38)33-28(35)19(3)31-29(36)22(32-25(34)15-12-20-10-8-7-9-11-20)17-21-13-14-23(39-4)27(41-6)26(21)40-5/h7-11,13-14,18-19,22,24,37-38H,12,15-17H2,1-6H3,(H,31,36)(H,32,34)(H,33,35)/t19-,22-,24+/m0/s1. The number of aryl methyl sites for hydroxylation is 1. The van der Waals surface area contributed by atoms with Crippen molar-refractivity contribution in [3.63, 3.8) is 0 Å². The third-order valence-electron chi connectivity index (χ3n) is 6.51. The lowest BCUT2D eigenvalue weighted by molar-refractivity contribution is -0.132. The second kappa shape index (κ2) is 16.5. The topological polar surface area (TPSA) is 155 Å². The number of carbonyl (C=O) groups is 3. The third kappa shape index (κ3) is 10.3. The van der Waals surface area contributed by atoms with Gasteiger partial charge in [-0.25, -0.2) is 0 Å². The lowest BCUT2D eigenvalue weighted by Gasteiger charge is -2.25. The molecule has 0 heterocycles. The number of hydrogen-bond donors (Lipinski definition) is 5. The Hall–Kier alpha value is -3.77. The molecule has 2 rings (SSSR count). The van der Waals surface area contributed by atoms with Gasteiger partial charge in [0.05, 0.1) is 27.3 Å². The molecular formula is C29H42BN3O8. The average molecular weight is 571 g/mol. The molecule has 0 radical (unpaired) electrons. The van der Waals surface area contributed by atoms with Crippen LogP contribution in [0.2, 0.25) is 0 Å². The van der Waals surface area contributed by atoms with Gasteiger partial charge in [-0.15, -0.1) is 0 Å². The molecule has 0 aliphatic carbocycles. The van der Waals surface area contributed by atoms with E-state index in [2.05, 4.69) is 16.0 Å². The van der Waals surface area contributed by atoms with Gasteiger partial charge in [-0.05, 0) is 37.3 Å². The first-order valence-corrected chi connectivity index (χ1v) is 13.6. The minimum Gasteiger partial charge on any atom is -0.493 e. The maximum absolute atomic E-state index is 13.4. The molecule has 41 heavy (non-hydrogen) atoms. The Morgan fingerprint density at radius 2 is 1.49 bits per heavy atom. The summed E-state index contributed by atoms with van der Waals surface area (Å²) in [4.78, 5) is 39.2. The molecule has 5 N–H and O–H groups in total. The number of methoxy groups -OCH3 is 3. The first-order valence-electron chi connectivity index (χ1n) is 13.6. The van der Waals surface area contributed by atoms with E-state index in [0.717, 1.165) is 5.56 Å². The Morgan fingerprint density at radius 1 is 0.829 bits per heavy atom. The van der Waals surface area contributed by atoms with Crippen molar-refractivity contribution >= 4 is 24.8 Å². The van der Waals surface area contributed by atoms with Gasteiger partial charge in [0.25, 0.3) is 0 Å². The summed E-state index contributed by atoms with van der Waals surface area (Å²) in [7, 11) is 2.67. The second-order valence-corrected chi connectivity index (χ2v) is 10.2. The average Bonchev–Trinajstić information content (AvgIpc) is 2.94. The van der Waals surface area contributed by atoms with Crippen LogP contribution in [-0.4, -0.2) is 74.2 Å². The monoisotopic (exact) mass is 571 g/mol. The van der Waals surface area contributed by atoms with Crippen molar-refractivity contribution in [1.29, 1.82) is 0 Å². The van der Waals surface area contributed by atoms with Gasteiger partial charge in [-0.1, -0.05) is 50.2 Å². The SMILES string of the molecule is COc1ccc(C[C@H](NC(=O)CCc2ccccc2)C(=O)N[C@@H](C)C(=O)N[C@H](CC(C)C)B(O)O)c(OC)c1OC. The zero-order valence-electron chi connectivity index (χ0n) is 24.6. The predicted molar refractivity (Wildman–Crippen MR) is 156 cm³/mol. The van der Waals surface area contributed by atoms with Gasteiger partial charge in [0.2, 0.25) is 23.5 Å². The van der Waals surface area contributed by atoms with Crippen LogP contribution in [0, 0.1) is 5.92 Å². The molecule has 11 nitrogen and oxygen atoms in total. The van der Waals surface area contributed by atoms with Crippen molar-refractivity contribution in [2.45, 2.75) is 64.5 Å². The van der Waals surface area contributed by atoms with Gasteiger partial charge < -0.3 is 40.2 Å². The molecular weight excluding hydrogens is 529 g/mol.